The topological polar surface area (TPSA) is 49.4 Å². The molecular weight excluding hydrogens is 252 g/mol. The highest BCUT2D eigenvalue weighted by atomic mass is 16.2. The molecule has 4 heteroatoms. The van der Waals surface area contributed by atoms with Gasteiger partial charge in [0.05, 0.1) is 6.54 Å². The van der Waals surface area contributed by atoms with E-state index in [0.717, 1.165) is 29.7 Å². The number of fused-ring (bicyclic) bond motifs is 1. The largest absolute Gasteiger partial charge is 0.312 e. The van der Waals surface area contributed by atoms with Crippen LogP contribution in [0.4, 0.5) is 5.69 Å². The van der Waals surface area contributed by atoms with Crippen LogP contribution in [0.3, 0.4) is 0 Å². The third kappa shape index (κ3) is 3.07. The number of ketones is 1. The summed E-state index contributed by atoms with van der Waals surface area (Å²) in [6.45, 7) is 6.82. The fourth-order valence-electron chi connectivity index (χ4n) is 2.42. The molecule has 4 nitrogen and oxygen atoms in total. The maximum atomic E-state index is 12.1. The molecule has 108 valence electrons. The Kier molecular flexibility index (Phi) is 4.55. The Morgan fingerprint density at radius 1 is 1.40 bits per heavy atom. The zero-order valence-electron chi connectivity index (χ0n) is 12.4. The second kappa shape index (κ2) is 6.18. The Morgan fingerprint density at radius 3 is 2.80 bits per heavy atom. The first-order valence-corrected chi connectivity index (χ1v) is 7.20. The van der Waals surface area contributed by atoms with E-state index in [4.69, 9.17) is 0 Å². The second-order valence-electron chi connectivity index (χ2n) is 5.38. The molecule has 1 aliphatic rings. The summed E-state index contributed by atoms with van der Waals surface area (Å²) in [4.78, 5) is 25.4. The number of anilines is 1. The summed E-state index contributed by atoms with van der Waals surface area (Å²) in [6, 6.07) is 5.99. The Morgan fingerprint density at radius 2 is 2.15 bits per heavy atom. The van der Waals surface area contributed by atoms with Crippen molar-refractivity contribution in [1.29, 1.82) is 0 Å². The second-order valence-corrected chi connectivity index (χ2v) is 5.38. The highest BCUT2D eigenvalue weighted by Crippen LogP contribution is 2.28. The fourth-order valence-corrected chi connectivity index (χ4v) is 2.42. The van der Waals surface area contributed by atoms with E-state index in [0.29, 0.717) is 19.1 Å². The Labute approximate surface area is 120 Å². The van der Waals surface area contributed by atoms with Crippen LogP contribution in [0.15, 0.2) is 18.2 Å². The van der Waals surface area contributed by atoms with Gasteiger partial charge < -0.3 is 10.2 Å². The van der Waals surface area contributed by atoms with Gasteiger partial charge in [0.2, 0.25) is 5.91 Å². The molecular formula is C16H22N2O2. The zero-order valence-corrected chi connectivity index (χ0v) is 12.4. The van der Waals surface area contributed by atoms with Crippen LogP contribution in [-0.2, 0) is 11.2 Å². The van der Waals surface area contributed by atoms with Crippen molar-refractivity contribution in [1.82, 2.24) is 5.32 Å². The predicted molar refractivity (Wildman–Crippen MR) is 80.3 cm³/mol. The number of amides is 1. The molecule has 0 aromatic heterocycles. The molecule has 20 heavy (non-hydrogen) atoms. The van der Waals surface area contributed by atoms with E-state index in [2.05, 4.69) is 19.2 Å². The molecule has 1 unspecified atom stereocenters. The third-order valence-corrected chi connectivity index (χ3v) is 3.90. The van der Waals surface area contributed by atoms with Gasteiger partial charge in [-0.2, -0.15) is 0 Å². The van der Waals surface area contributed by atoms with E-state index >= 15 is 0 Å². The molecule has 1 aliphatic heterocycles. The van der Waals surface area contributed by atoms with E-state index in [1.54, 1.807) is 11.8 Å². The van der Waals surface area contributed by atoms with Gasteiger partial charge in [-0.25, -0.2) is 0 Å². The van der Waals surface area contributed by atoms with E-state index in [9.17, 15) is 9.59 Å². The number of nitrogens with zero attached hydrogens (tertiary/aromatic N) is 1. The number of benzene rings is 1. The van der Waals surface area contributed by atoms with E-state index in [1.165, 1.54) is 0 Å². The van der Waals surface area contributed by atoms with Crippen molar-refractivity contribution in [2.24, 2.45) is 0 Å². The molecule has 1 aromatic carbocycles. The van der Waals surface area contributed by atoms with Crippen molar-refractivity contribution in [3.8, 4) is 0 Å². The highest BCUT2D eigenvalue weighted by molar-refractivity contribution is 6.00. The standard InChI is InChI=1S/C16H22N2O2/c1-4-11(2)17-10-16(20)14-5-6-15-13(9-14)7-8-18(15)12(3)19/h5-6,9,11,17H,4,7-8,10H2,1-3H3. The van der Waals surface area contributed by atoms with Crippen molar-refractivity contribution in [3.63, 3.8) is 0 Å². The van der Waals surface area contributed by atoms with Gasteiger partial charge in [-0.05, 0) is 43.5 Å². The molecule has 0 spiro atoms. The van der Waals surface area contributed by atoms with Crippen molar-refractivity contribution < 1.29 is 9.59 Å². The van der Waals surface area contributed by atoms with Crippen molar-refractivity contribution in [2.45, 2.75) is 39.7 Å². The van der Waals surface area contributed by atoms with Crippen LogP contribution in [0, 0.1) is 0 Å². The SMILES string of the molecule is CCC(C)NCC(=O)c1ccc2c(c1)CCN2C(C)=O. The molecule has 0 radical (unpaired) electrons. The van der Waals surface area contributed by atoms with Gasteiger partial charge in [0.15, 0.2) is 5.78 Å². The summed E-state index contributed by atoms with van der Waals surface area (Å²) in [6.07, 6.45) is 1.83. The molecule has 1 amide bonds. The lowest BCUT2D eigenvalue weighted by Gasteiger charge is -2.15. The number of hydrogen-bond acceptors (Lipinski definition) is 3. The smallest absolute Gasteiger partial charge is 0.223 e. The summed E-state index contributed by atoms with van der Waals surface area (Å²) >= 11 is 0. The molecule has 0 fully saturated rings. The minimum absolute atomic E-state index is 0.0567. The molecule has 0 aliphatic carbocycles. The van der Waals surface area contributed by atoms with Crippen LogP contribution in [0.5, 0.6) is 0 Å². The average Bonchev–Trinajstić information content (AvgIpc) is 2.87. The lowest BCUT2D eigenvalue weighted by Crippen LogP contribution is -2.31. The Hall–Kier alpha value is -1.68. The normalized spacial score (nSPS) is 15.1. The van der Waals surface area contributed by atoms with Gasteiger partial charge in [-0.3, -0.25) is 9.59 Å². The fraction of sp³-hybridized carbons (Fsp3) is 0.500. The maximum Gasteiger partial charge on any atom is 0.223 e. The van der Waals surface area contributed by atoms with E-state index < -0.39 is 0 Å². The van der Waals surface area contributed by atoms with Crippen LogP contribution in [-0.4, -0.2) is 30.8 Å². The van der Waals surface area contributed by atoms with Crippen molar-refractivity contribution in [3.05, 3.63) is 29.3 Å². The van der Waals surface area contributed by atoms with Crippen molar-refractivity contribution >= 4 is 17.4 Å². The van der Waals surface area contributed by atoms with Crippen LogP contribution >= 0.6 is 0 Å². The van der Waals surface area contributed by atoms with Crippen molar-refractivity contribution in [2.75, 3.05) is 18.0 Å². The van der Waals surface area contributed by atoms with Gasteiger partial charge in [0.1, 0.15) is 0 Å². The summed E-state index contributed by atoms with van der Waals surface area (Å²) in [7, 11) is 0. The average molecular weight is 274 g/mol. The van der Waals surface area contributed by atoms with Crippen LogP contribution < -0.4 is 10.2 Å². The molecule has 0 saturated carbocycles. The zero-order chi connectivity index (χ0) is 14.7. The lowest BCUT2D eigenvalue weighted by atomic mass is 10.0. The van der Waals surface area contributed by atoms with Gasteiger partial charge in [-0.1, -0.05) is 6.92 Å². The summed E-state index contributed by atoms with van der Waals surface area (Å²) < 4.78 is 0. The number of rotatable bonds is 5. The van der Waals surface area contributed by atoms with Crippen LogP contribution in [0.2, 0.25) is 0 Å². The molecule has 1 heterocycles. The molecule has 2 rings (SSSR count). The number of hydrogen-bond donors (Lipinski definition) is 1. The first-order valence-electron chi connectivity index (χ1n) is 7.20. The molecule has 0 saturated heterocycles. The molecule has 1 N–H and O–H groups in total. The van der Waals surface area contributed by atoms with E-state index in [-0.39, 0.29) is 11.7 Å². The lowest BCUT2D eigenvalue weighted by molar-refractivity contribution is -0.116. The molecule has 0 bridgehead atoms. The monoisotopic (exact) mass is 274 g/mol. The molecule has 1 aromatic rings. The number of nitrogens with one attached hydrogen (secondary N) is 1. The van der Waals surface area contributed by atoms with Gasteiger partial charge in [0, 0.05) is 30.8 Å². The number of Topliss-reactive ketones (excluding diaryl/α,β-unsaturated/α-hetero) is 1. The van der Waals surface area contributed by atoms with Gasteiger partial charge in [-0.15, -0.1) is 0 Å². The first-order chi connectivity index (χ1) is 9.52. The quantitative estimate of drug-likeness (QED) is 0.837. The van der Waals surface area contributed by atoms with Crippen LogP contribution in [0.1, 0.15) is 43.1 Å². The van der Waals surface area contributed by atoms with Gasteiger partial charge in [0.25, 0.3) is 0 Å². The molecule has 1 atom stereocenters. The summed E-state index contributed by atoms with van der Waals surface area (Å²) in [5.41, 5.74) is 2.77. The summed E-state index contributed by atoms with van der Waals surface area (Å²) in [5, 5.41) is 3.21. The Bertz CT molecular complexity index is 525. The third-order valence-electron chi connectivity index (χ3n) is 3.90. The minimum atomic E-state index is 0.0567. The predicted octanol–water partition coefficient (Wildman–Crippen LogP) is 2.17. The number of carbonyl (C=O) groups excluding carboxylic acids is 2. The first kappa shape index (κ1) is 14.7. The van der Waals surface area contributed by atoms with E-state index in [1.807, 2.05) is 18.2 Å². The van der Waals surface area contributed by atoms with Gasteiger partial charge >= 0.3 is 0 Å². The summed E-state index contributed by atoms with van der Waals surface area (Å²) in [5.74, 6) is 0.163. The highest BCUT2D eigenvalue weighted by Gasteiger charge is 2.23. The minimum Gasteiger partial charge on any atom is -0.312 e. The van der Waals surface area contributed by atoms with Crippen LogP contribution in [0.25, 0.3) is 0 Å². The Balaban J connectivity index is 2.09. The maximum absolute atomic E-state index is 12.1. The number of carbonyl (C=O) groups is 2.